The third kappa shape index (κ3) is 6.93. The molecular formula is C17H29NO3. The number of methoxy groups -OCH3 is 1. The lowest BCUT2D eigenvalue weighted by molar-refractivity contribution is -0.0550. The maximum atomic E-state index is 10.0. The van der Waals surface area contributed by atoms with Crippen molar-refractivity contribution in [1.82, 2.24) is 4.90 Å². The minimum Gasteiger partial charge on any atom is -0.496 e. The highest BCUT2D eigenvalue weighted by Gasteiger charge is 2.15. The SMILES string of the molecule is COc1ccc(CN(C)CC(O)COC(C)(C)C)cc1C. The highest BCUT2D eigenvalue weighted by molar-refractivity contribution is 5.36. The molecule has 0 bridgehead atoms. The second kappa shape index (κ2) is 7.78. The molecule has 4 heteroatoms. The second-order valence-corrected chi connectivity index (χ2v) is 6.58. The van der Waals surface area contributed by atoms with Crippen LogP contribution in [0.2, 0.25) is 0 Å². The van der Waals surface area contributed by atoms with Gasteiger partial charge in [-0.15, -0.1) is 0 Å². The standard InChI is InChI=1S/C17H29NO3/c1-13-9-14(7-8-16(13)20-6)10-18(5)11-15(19)12-21-17(2,3)4/h7-9,15,19H,10-12H2,1-6H3. The molecule has 0 saturated carbocycles. The summed E-state index contributed by atoms with van der Waals surface area (Å²) >= 11 is 0. The van der Waals surface area contributed by atoms with E-state index < -0.39 is 6.10 Å². The molecule has 1 rings (SSSR count). The van der Waals surface area contributed by atoms with Gasteiger partial charge in [0.05, 0.1) is 25.4 Å². The van der Waals surface area contributed by atoms with Crippen LogP contribution in [-0.4, -0.2) is 49.0 Å². The van der Waals surface area contributed by atoms with Crippen molar-refractivity contribution < 1.29 is 14.6 Å². The Morgan fingerprint density at radius 2 is 1.95 bits per heavy atom. The Morgan fingerprint density at radius 3 is 2.48 bits per heavy atom. The lowest BCUT2D eigenvalue weighted by atomic mass is 10.1. The van der Waals surface area contributed by atoms with Gasteiger partial charge in [0.15, 0.2) is 0 Å². The lowest BCUT2D eigenvalue weighted by Gasteiger charge is -2.25. The van der Waals surface area contributed by atoms with E-state index in [2.05, 4.69) is 17.0 Å². The Labute approximate surface area is 128 Å². The van der Waals surface area contributed by atoms with Crippen LogP contribution >= 0.6 is 0 Å². The van der Waals surface area contributed by atoms with Crippen LogP contribution in [0.5, 0.6) is 5.75 Å². The quantitative estimate of drug-likeness (QED) is 0.839. The summed E-state index contributed by atoms with van der Waals surface area (Å²) in [6.45, 7) is 9.74. The molecule has 1 aromatic rings. The Bertz CT molecular complexity index is 440. The molecule has 0 radical (unpaired) electrons. The third-order valence-corrected chi connectivity index (χ3v) is 3.14. The first kappa shape index (κ1) is 18.0. The van der Waals surface area contributed by atoms with Crippen molar-refractivity contribution in [2.75, 3.05) is 27.3 Å². The van der Waals surface area contributed by atoms with Crippen LogP contribution in [0, 0.1) is 6.92 Å². The number of aryl methyl sites for hydroxylation is 1. The van der Waals surface area contributed by atoms with Crippen molar-refractivity contribution in [3.63, 3.8) is 0 Å². The van der Waals surface area contributed by atoms with Gasteiger partial charge in [0.2, 0.25) is 0 Å². The van der Waals surface area contributed by atoms with Crippen molar-refractivity contribution in [3.8, 4) is 5.75 Å². The molecule has 1 atom stereocenters. The maximum absolute atomic E-state index is 10.0. The van der Waals surface area contributed by atoms with E-state index in [0.717, 1.165) is 17.9 Å². The fraction of sp³-hybridized carbons (Fsp3) is 0.647. The highest BCUT2D eigenvalue weighted by Crippen LogP contribution is 2.19. The third-order valence-electron chi connectivity index (χ3n) is 3.14. The van der Waals surface area contributed by atoms with Gasteiger partial charge in [-0.1, -0.05) is 12.1 Å². The molecule has 0 amide bonds. The van der Waals surface area contributed by atoms with Crippen LogP contribution in [0.15, 0.2) is 18.2 Å². The van der Waals surface area contributed by atoms with Gasteiger partial charge in [-0.05, 0) is 51.9 Å². The average molecular weight is 295 g/mol. The van der Waals surface area contributed by atoms with Gasteiger partial charge in [-0.3, -0.25) is 4.90 Å². The van der Waals surface area contributed by atoms with Crippen LogP contribution in [0.4, 0.5) is 0 Å². The molecule has 0 aliphatic heterocycles. The molecule has 0 fully saturated rings. The lowest BCUT2D eigenvalue weighted by Crippen LogP contribution is -2.34. The minimum absolute atomic E-state index is 0.216. The van der Waals surface area contributed by atoms with Crippen LogP contribution in [-0.2, 0) is 11.3 Å². The smallest absolute Gasteiger partial charge is 0.121 e. The summed E-state index contributed by atoms with van der Waals surface area (Å²) in [5, 5.41) is 10.0. The highest BCUT2D eigenvalue weighted by atomic mass is 16.5. The number of likely N-dealkylation sites (N-methyl/N-ethyl adjacent to an activating group) is 1. The van der Waals surface area contributed by atoms with Crippen molar-refractivity contribution in [2.24, 2.45) is 0 Å². The van der Waals surface area contributed by atoms with Gasteiger partial charge in [0.25, 0.3) is 0 Å². The summed E-state index contributed by atoms with van der Waals surface area (Å²) in [5.41, 5.74) is 2.12. The van der Waals surface area contributed by atoms with Crippen molar-refractivity contribution >= 4 is 0 Å². The molecule has 1 N–H and O–H groups in total. The normalized spacial score (nSPS) is 13.5. The van der Waals surface area contributed by atoms with Crippen LogP contribution in [0.25, 0.3) is 0 Å². The number of aliphatic hydroxyl groups is 1. The molecule has 0 saturated heterocycles. The molecule has 0 aliphatic rings. The van der Waals surface area contributed by atoms with Gasteiger partial charge in [-0.2, -0.15) is 0 Å². The first-order valence-corrected chi connectivity index (χ1v) is 7.35. The van der Waals surface area contributed by atoms with Gasteiger partial charge in [-0.25, -0.2) is 0 Å². The first-order chi connectivity index (χ1) is 9.71. The fourth-order valence-electron chi connectivity index (χ4n) is 2.17. The van der Waals surface area contributed by atoms with Crippen LogP contribution < -0.4 is 4.74 Å². The van der Waals surface area contributed by atoms with E-state index in [1.54, 1.807) is 7.11 Å². The molecule has 1 aromatic carbocycles. The Morgan fingerprint density at radius 1 is 1.29 bits per heavy atom. The van der Waals surface area contributed by atoms with Gasteiger partial charge < -0.3 is 14.6 Å². The van der Waals surface area contributed by atoms with Crippen molar-refractivity contribution in [1.29, 1.82) is 0 Å². The summed E-state index contributed by atoms with van der Waals surface area (Å²) < 4.78 is 10.9. The molecule has 120 valence electrons. The van der Waals surface area contributed by atoms with E-state index in [0.29, 0.717) is 13.2 Å². The van der Waals surface area contributed by atoms with Gasteiger partial charge in [0, 0.05) is 13.1 Å². The van der Waals surface area contributed by atoms with E-state index in [1.165, 1.54) is 5.56 Å². The number of hydrogen-bond donors (Lipinski definition) is 1. The average Bonchev–Trinajstić information content (AvgIpc) is 2.35. The number of benzene rings is 1. The van der Waals surface area contributed by atoms with E-state index in [1.807, 2.05) is 40.8 Å². The zero-order valence-corrected chi connectivity index (χ0v) is 14.1. The minimum atomic E-state index is -0.478. The zero-order chi connectivity index (χ0) is 16.0. The van der Waals surface area contributed by atoms with Gasteiger partial charge >= 0.3 is 0 Å². The van der Waals surface area contributed by atoms with E-state index >= 15 is 0 Å². The summed E-state index contributed by atoms with van der Waals surface area (Å²) in [6, 6.07) is 6.16. The molecule has 0 aromatic heterocycles. The summed E-state index contributed by atoms with van der Waals surface area (Å²) in [7, 11) is 3.68. The van der Waals surface area contributed by atoms with E-state index in [4.69, 9.17) is 9.47 Å². The molecule has 0 spiro atoms. The molecule has 0 aliphatic carbocycles. The predicted octanol–water partition coefficient (Wildman–Crippen LogP) is 2.61. The Hall–Kier alpha value is -1.10. The van der Waals surface area contributed by atoms with Crippen LogP contribution in [0.3, 0.4) is 0 Å². The van der Waals surface area contributed by atoms with E-state index in [9.17, 15) is 5.11 Å². The molecule has 0 heterocycles. The van der Waals surface area contributed by atoms with Crippen molar-refractivity contribution in [3.05, 3.63) is 29.3 Å². The Balaban J connectivity index is 2.46. The number of ether oxygens (including phenoxy) is 2. The number of hydrogen-bond acceptors (Lipinski definition) is 4. The summed E-state index contributed by atoms with van der Waals surface area (Å²) in [6.07, 6.45) is -0.478. The molecular weight excluding hydrogens is 266 g/mol. The number of nitrogens with zero attached hydrogens (tertiary/aromatic N) is 1. The number of aliphatic hydroxyl groups excluding tert-OH is 1. The van der Waals surface area contributed by atoms with Crippen LogP contribution in [0.1, 0.15) is 31.9 Å². The van der Waals surface area contributed by atoms with Crippen molar-refractivity contribution in [2.45, 2.75) is 45.9 Å². The first-order valence-electron chi connectivity index (χ1n) is 7.35. The Kier molecular flexibility index (Phi) is 6.65. The number of rotatable bonds is 7. The van der Waals surface area contributed by atoms with Gasteiger partial charge in [0.1, 0.15) is 5.75 Å². The molecule has 1 unspecified atom stereocenters. The topological polar surface area (TPSA) is 41.9 Å². The fourth-order valence-corrected chi connectivity index (χ4v) is 2.17. The monoisotopic (exact) mass is 295 g/mol. The second-order valence-electron chi connectivity index (χ2n) is 6.58. The maximum Gasteiger partial charge on any atom is 0.121 e. The van der Waals surface area contributed by atoms with E-state index in [-0.39, 0.29) is 5.60 Å². The summed E-state index contributed by atoms with van der Waals surface area (Å²) in [4.78, 5) is 2.10. The molecule has 21 heavy (non-hydrogen) atoms. The summed E-state index contributed by atoms with van der Waals surface area (Å²) in [5.74, 6) is 0.903. The predicted molar refractivity (Wildman–Crippen MR) is 85.8 cm³/mol. The zero-order valence-electron chi connectivity index (χ0n) is 14.1. The largest absolute Gasteiger partial charge is 0.496 e. The molecule has 4 nitrogen and oxygen atoms in total.